The molecule has 498 valence electrons. The number of phenolic OH excluding ortho intramolecular Hbond substituents is 7. The number of phenols is 7. The second kappa shape index (κ2) is 56.0. The molecule has 6 atom stereocenters. The summed E-state index contributed by atoms with van der Waals surface area (Å²) in [5, 5.41) is 65.0. The van der Waals surface area contributed by atoms with E-state index in [0.29, 0.717) is 64.3 Å². The van der Waals surface area contributed by atoms with Crippen LogP contribution in [0.5, 0.6) is 46.0 Å². The van der Waals surface area contributed by atoms with E-state index in [-0.39, 0.29) is 106 Å². The van der Waals surface area contributed by atoms with E-state index in [1.807, 2.05) is 70.2 Å². The molecular formula is C76H139BrO8. The van der Waals surface area contributed by atoms with Gasteiger partial charge in [-0.15, -0.1) is 0 Å². The van der Waals surface area contributed by atoms with Gasteiger partial charge in [0, 0.05) is 6.07 Å². The summed E-state index contributed by atoms with van der Waals surface area (Å²) in [6.45, 7) is 31.7. The van der Waals surface area contributed by atoms with Gasteiger partial charge in [-0.2, -0.15) is 0 Å². The molecule has 0 spiro atoms. The lowest BCUT2D eigenvalue weighted by Gasteiger charge is -2.12. The van der Waals surface area contributed by atoms with E-state index in [9.17, 15) is 25.5 Å². The molecule has 0 amide bonds. The maximum Gasteiger partial charge on any atom is 0.160 e. The summed E-state index contributed by atoms with van der Waals surface area (Å²) in [5.41, 5.74) is 10.2. The predicted molar refractivity (Wildman–Crippen MR) is 392 cm³/mol. The average Bonchev–Trinajstić information content (AvgIpc) is 3.39. The maximum atomic E-state index is 9.59. The van der Waals surface area contributed by atoms with Crippen LogP contribution < -0.4 is 4.74 Å². The van der Waals surface area contributed by atoms with Crippen LogP contribution in [0.4, 0.5) is 0 Å². The van der Waals surface area contributed by atoms with Crippen molar-refractivity contribution in [3.8, 4) is 46.0 Å². The van der Waals surface area contributed by atoms with E-state index < -0.39 is 0 Å². The Labute approximate surface area is 537 Å². The van der Waals surface area contributed by atoms with Gasteiger partial charge in [0.25, 0.3) is 0 Å². The highest BCUT2D eigenvalue weighted by atomic mass is 79.9. The Bertz CT molecular complexity index is 2420. The second-order valence-electron chi connectivity index (χ2n) is 19.4. The highest BCUT2D eigenvalue weighted by Gasteiger charge is 2.11. The summed E-state index contributed by atoms with van der Waals surface area (Å²) < 4.78 is 5.81. The van der Waals surface area contributed by atoms with Crippen LogP contribution in [0.2, 0.25) is 0 Å². The summed E-state index contributed by atoms with van der Waals surface area (Å²) in [7, 11) is 1.56. The number of aryl methyl sites for hydroxylation is 3. The molecule has 6 aromatic rings. The van der Waals surface area contributed by atoms with E-state index in [0.717, 1.165) is 65.3 Å². The van der Waals surface area contributed by atoms with Gasteiger partial charge in [-0.25, -0.2) is 0 Å². The lowest BCUT2D eigenvalue weighted by molar-refractivity contribution is 0.372. The summed E-state index contributed by atoms with van der Waals surface area (Å²) in [6, 6.07) is 33.3. The van der Waals surface area contributed by atoms with Crippen molar-refractivity contribution in [3.05, 3.63) is 164 Å². The zero-order chi connectivity index (χ0) is 55.5. The van der Waals surface area contributed by atoms with Crippen LogP contribution >= 0.6 is 15.9 Å². The number of aromatic hydroxyl groups is 7. The summed E-state index contributed by atoms with van der Waals surface area (Å²) >= 11 is 3.29. The van der Waals surface area contributed by atoms with Gasteiger partial charge in [0.2, 0.25) is 0 Å². The molecule has 7 N–H and O–H groups in total. The minimum absolute atomic E-state index is 0. The molecule has 0 aliphatic rings. The van der Waals surface area contributed by atoms with Crippen LogP contribution in [0.25, 0.3) is 0 Å². The van der Waals surface area contributed by atoms with E-state index in [2.05, 4.69) is 110 Å². The Morgan fingerprint density at radius 3 is 1.01 bits per heavy atom. The Hall–Kier alpha value is -5.80. The van der Waals surface area contributed by atoms with E-state index in [4.69, 9.17) is 14.9 Å². The number of benzene rings is 6. The fraction of sp³-hybridized carbons (Fsp3) is 0.526. The Kier molecular flexibility index (Phi) is 70.7. The zero-order valence-corrected chi connectivity index (χ0v) is 48.6. The third-order valence-electron chi connectivity index (χ3n) is 13.9. The number of ether oxygens (including phenoxy) is 1. The lowest BCUT2D eigenvalue weighted by atomic mass is 9.95. The first-order valence-electron chi connectivity index (χ1n) is 26.2. The van der Waals surface area contributed by atoms with Gasteiger partial charge in [-0.1, -0.05) is 227 Å². The highest BCUT2D eigenvalue weighted by molar-refractivity contribution is 9.10. The molecule has 0 saturated heterocycles. The SMILES string of the molecule is C.C.C.C.C.C.C.C.C.C.C.C.CCC(C)c1cc(C)c(O)c(C)c1.CCC(C)c1ccc(O)c(Br)c1.CCC(C)c1ccc(O)c(C)c1.CCC(C)c1ccc(O)c(OC)c1.CCC(C)c1ccc(O)cc1.CCC(C)c1ccc(O)cc1O. The van der Waals surface area contributed by atoms with E-state index >= 15 is 0 Å². The van der Waals surface area contributed by atoms with Gasteiger partial charge in [-0.05, 0) is 209 Å². The molecule has 0 saturated carbocycles. The topological polar surface area (TPSA) is 151 Å². The van der Waals surface area contributed by atoms with Gasteiger partial charge in [0.1, 0.15) is 34.5 Å². The number of hydrogen-bond donors (Lipinski definition) is 7. The molecule has 6 aromatic carbocycles. The van der Waals surface area contributed by atoms with Crippen molar-refractivity contribution in [1.82, 2.24) is 0 Å². The fourth-order valence-electron chi connectivity index (χ4n) is 7.24. The van der Waals surface area contributed by atoms with Crippen LogP contribution in [0.3, 0.4) is 0 Å². The molecule has 8 nitrogen and oxygen atoms in total. The average molecular weight is 1260 g/mol. The van der Waals surface area contributed by atoms with Crippen molar-refractivity contribution >= 4 is 15.9 Å². The van der Waals surface area contributed by atoms with Gasteiger partial charge in [0.05, 0.1) is 11.6 Å². The van der Waals surface area contributed by atoms with Crippen molar-refractivity contribution in [2.45, 2.75) is 267 Å². The molecule has 9 heteroatoms. The molecule has 6 rings (SSSR count). The fourth-order valence-corrected chi connectivity index (χ4v) is 7.64. The minimum atomic E-state index is 0. The molecule has 0 bridgehead atoms. The lowest BCUT2D eigenvalue weighted by Crippen LogP contribution is -1.93. The summed E-state index contributed by atoms with van der Waals surface area (Å²) in [4.78, 5) is 0. The van der Waals surface area contributed by atoms with Gasteiger partial charge >= 0.3 is 0 Å². The summed E-state index contributed by atoms with van der Waals surface area (Å²) in [6.07, 6.45) is 6.63. The van der Waals surface area contributed by atoms with E-state index in [1.54, 1.807) is 49.6 Å². The van der Waals surface area contributed by atoms with Crippen molar-refractivity contribution in [2.75, 3.05) is 7.11 Å². The van der Waals surface area contributed by atoms with Crippen LogP contribution in [-0.2, 0) is 0 Å². The molecule has 0 fully saturated rings. The van der Waals surface area contributed by atoms with Gasteiger partial charge in [0.15, 0.2) is 11.5 Å². The number of hydrogen-bond acceptors (Lipinski definition) is 8. The van der Waals surface area contributed by atoms with Crippen LogP contribution in [0.15, 0.2) is 114 Å². The van der Waals surface area contributed by atoms with E-state index in [1.165, 1.54) is 33.9 Å². The third kappa shape index (κ3) is 37.4. The number of methoxy groups -OCH3 is 1. The van der Waals surface area contributed by atoms with Gasteiger partial charge in [-0.3, -0.25) is 0 Å². The van der Waals surface area contributed by atoms with Crippen LogP contribution in [0.1, 0.15) is 296 Å². The monoisotopic (exact) mass is 1260 g/mol. The molecular weight excluding hydrogens is 1120 g/mol. The minimum Gasteiger partial charge on any atom is -0.508 e. The zero-order valence-electron chi connectivity index (χ0n) is 47.0. The number of rotatable bonds is 13. The van der Waals surface area contributed by atoms with Crippen molar-refractivity contribution in [1.29, 1.82) is 0 Å². The first kappa shape index (κ1) is 107. The molecule has 0 heterocycles. The molecule has 0 aromatic heterocycles. The van der Waals surface area contributed by atoms with Crippen molar-refractivity contribution in [3.63, 3.8) is 0 Å². The normalized spacial score (nSPS) is 11.0. The molecule has 0 aliphatic carbocycles. The predicted octanol–water partition coefficient (Wildman–Crippen LogP) is 26.5. The Morgan fingerprint density at radius 1 is 0.329 bits per heavy atom. The first-order valence-corrected chi connectivity index (χ1v) is 27.0. The first-order chi connectivity index (χ1) is 34.4. The maximum absolute atomic E-state index is 9.59. The molecule has 0 aliphatic heterocycles. The van der Waals surface area contributed by atoms with Crippen molar-refractivity contribution in [2.24, 2.45) is 0 Å². The molecule has 85 heavy (non-hydrogen) atoms. The van der Waals surface area contributed by atoms with Crippen LogP contribution in [-0.4, -0.2) is 42.9 Å². The second-order valence-corrected chi connectivity index (χ2v) is 20.2. The van der Waals surface area contributed by atoms with Crippen LogP contribution in [0, 0.1) is 20.8 Å². The highest BCUT2D eigenvalue weighted by Crippen LogP contribution is 2.33. The summed E-state index contributed by atoms with van der Waals surface area (Å²) in [5.74, 6) is 5.70. The molecule has 0 radical (unpaired) electrons. The third-order valence-corrected chi connectivity index (χ3v) is 14.5. The Morgan fingerprint density at radius 2 is 0.647 bits per heavy atom. The molecule has 6 unspecified atom stereocenters. The number of halogens is 1. The largest absolute Gasteiger partial charge is 0.508 e. The smallest absolute Gasteiger partial charge is 0.160 e. The quantitative estimate of drug-likeness (QED) is 0.0604. The Balaban J connectivity index is -0.0000000732. The van der Waals surface area contributed by atoms with Gasteiger partial charge < -0.3 is 40.5 Å². The standard InChI is InChI=1S/C12H18O.C11H16O2.C11H16O.C10H13BrO.C10H14O2.C10H14O.12CH4/c1-5-8(2)11-6-9(3)12(13)10(4)7-11;1-4-8(2)9-5-6-10(12)11(7-9)13-3;1-4-8(2)10-5-6-11(12)9(3)7-10;1-3-7(2)8-4-5-10(12)9(11)6-8;1-3-7(2)9-5-4-8(11)6-10(9)12;1-3-8(2)9-4-6-10(11)7-5-9;;;;;;;;;;;;/h6-8,13H,5H2,1-4H3;5-8,12H,4H2,1-3H3;5-8,12H,4H2,1-3H3;4-7,12H,3H2,1-2H3;4-7,11-12H,3H2,1-2H3;4-8,11H,3H2,1-2H3;12*1H4. The van der Waals surface area contributed by atoms with Crippen molar-refractivity contribution < 1.29 is 40.5 Å².